The summed E-state index contributed by atoms with van der Waals surface area (Å²) in [4.78, 5) is 15.7. The number of benzene rings is 8. The molecule has 0 radical (unpaired) electrons. The first-order chi connectivity index (χ1) is 26.2. The monoisotopic (exact) mass is 677 g/mol. The third kappa shape index (κ3) is 5.63. The maximum absolute atomic E-state index is 6.44. The first-order valence-electron chi connectivity index (χ1n) is 17.8. The molecule has 4 heteroatoms. The maximum Gasteiger partial charge on any atom is 0.165 e. The van der Waals surface area contributed by atoms with Gasteiger partial charge in [0.2, 0.25) is 0 Å². The third-order valence-corrected chi connectivity index (χ3v) is 9.96. The highest BCUT2D eigenvalue weighted by atomic mass is 16.3. The second kappa shape index (κ2) is 12.9. The number of aromatic nitrogens is 3. The molecule has 8 aromatic carbocycles. The SMILES string of the molecule is c1ccc(-c2ccc(-c3nc(-c4ccc5ccccc5c4)nc(-c4c(-c5ccc(-c6ccccc6)cc5)ccc5oc6ccccc6c45)n3)cc2)cc1. The number of hydrogen-bond acceptors (Lipinski definition) is 4. The van der Waals surface area contributed by atoms with Crippen LogP contribution in [-0.2, 0) is 0 Å². The number of para-hydroxylation sites is 1. The van der Waals surface area contributed by atoms with Crippen LogP contribution in [0, 0.1) is 0 Å². The van der Waals surface area contributed by atoms with E-state index in [4.69, 9.17) is 19.4 Å². The molecular formula is C49H31N3O. The standard InChI is InChI=1S/C49H31N3O/c1-3-11-32(12-4-1)35-19-24-37(25-20-35)41-29-30-44-45(42-17-9-10-18-43(42)53-44)46(41)49-51-47(38-26-21-36(22-27-38)33-13-5-2-6-14-33)50-48(52-49)40-28-23-34-15-7-8-16-39(34)31-40/h1-31H. The Hall–Kier alpha value is -7.17. The molecule has 10 rings (SSSR count). The molecule has 10 aromatic rings. The van der Waals surface area contributed by atoms with Gasteiger partial charge < -0.3 is 4.42 Å². The van der Waals surface area contributed by atoms with Gasteiger partial charge in [0.05, 0.1) is 0 Å². The molecule has 248 valence electrons. The number of fused-ring (bicyclic) bond motifs is 4. The number of nitrogens with zero attached hydrogens (tertiary/aromatic N) is 3. The van der Waals surface area contributed by atoms with Gasteiger partial charge in [-0.05, 0) is 68.4 Å². The molecule has 0 aliphatic heterocycles. The van der Waals surface area contributed by atoms with Gasteiger partial charge >= 0.3 is 0 Å². The van der Waals surface area contributed by atoms with Crippen molar-refractivity contribution in [1.82, 2.24) is 15.0 Å². The van der Waals surface area contributed by atoms with Crippen molar-refractivity contribution in [2.75, 3.05) is 0 Å². The lowest BCUT2D eigenvalue weighted by molar-refractivity contribution is 0.669. The Kier molecular flexibility index (Phi) is 7.43. The Balaban J connectivity index is 1.21. The molecule has 0 atom stereocenters. The van der Waals surface area contributed by atoms with Crippen LogP contribution in [0.25, 0.3) is 100 Å². The molecule has 0 aliphatic rings. The summed E-state index contributed by atoms with van der Waals surface area (Å²) in [5.41, 5.74) is 11.1. The summed E-state index contributed by atoms with van der Waals surface area (Å²) >= 11 is 0. The summed E-state index contributed by atoms with van der Waals surface area (Å²) in [5, 5.41) is 4.29. The van der Waals surface area contributed by atoms with Crippen LogP contribution in [-0.4, -0.2) is 15.0 Å². The summed E-state index contributed by atoms with van der Waals surface area (Å²) < 4.78 is 6.44. The minimum atomic E-state index is 0.588. The smallest absolute Gasteiger partial charge is 0.165 e. The van der Waals surface area contributed by atoms with E-state index >= 15 is 0 Å². The molecular weight excluding hydrogens is 647 g/mol. The van der Waals surface area contributed by atoms with E-state index in [9.17, 15) is 0 Å². The van der Waals surface area contributed by atoms with E-state index < -0.39 is 0 Å². The Bertz CT molecular complexity index is 2910. The van der Waals surface area contributed by atoms with Gasteiger partial charge in [0, 0.05) is 27.5 Å². The largest absolute Gasteiger partial charge is 0.456 e. The van der Waals surface area contributed by atoms with E-state index in [1.165, 1.54) is 5.56 Å². The van der Waals surface area contributed by atoms with Gasteiger partial charge in [-0.1, -0.05) is 164 Å². The first-order valence-corrected chi connectivity index (χ1v) is 17.8. The zero-order chi connectivity index (χ0) is 35.1. The van der Waals surface area contributed by atoms with Crippen molar-refractivity contribution in [3.05, 3.63) is 188 Å². The van der Waals surface area contributed by atoms with Crippen molar-refractivity contribution in [2.45, 2.75) is 0 Å². The molecule has 0 saturated heterocycles. The average molecular weight is 678 g/mol. The molecule has 0 N–H and O–H groups in total. The van der Waals surface area contributed by atoms with Crippen LogP contribution in [0.4, 0.5) is 0 Å². The highest BCUT2D eigenvalue weighted by Gasteiger charge is 2.22. The summed E-state index contributed by atoms with van der Waals surface area (Å²) in [7, 11) is 0. The predicted molar refractivity (Wildman–Crippen MR) is 217 cm³/mol. The van der Waals surface area contributed by atoms with E-state index in [1.807, 2.05) is 24.3 Å². The van der Waals surface area contributed by atoms with Crippen LogP contribution in [0.1, 0.15) is 0 Å². The van der Waals surface area contributed by atoms with E-state index in [1.54, 1.807) is 0 Å². The molecule has 0 aliphatic carbocycles. The number of furan rings is 1. The Morgan fingerprint density at radius 1 is 0.321 bits per heavy atom. The predicted octanol–water partition coefficient (Wildman–Crippen LogP) is 12.9. The summed E-state index contributed by atoms with van der Waals surface area (Å²) in [6.07, 6.45) is 0. The van der Waals surface area contributed by atoms with Crippen LogP contribution >= 0.6 is 0 Å². The first kappa shape index (κ1) is 30.6. The molecule has 2 aromatic heterocycles. The lowest BCUT2D eigenvalue weighted by Gasteiger charge is -2.14. The second-order valence-electron chi connectivity index (χ2n) is 13.2. The molecule has 0 spiro atoms. The van der Waals surface area contributed by atoms with Gasteiger partial charge in [-0.15, -0.1) is 0 Å². The minimum Gasteiger partial charge on any atom is -0.456 e. The van der Waals surface area contributed by atoms with Crippen molar-refractivity contribution in [2.24, 2.45) is 0 Å². The van der Waals surface area contributed by atoms with Crippen molar-refractivity contribution in [3.8, 4) is 67.5 Å². The molecule has 0 unspecified atom stereocenters. The molecule has 53 heavy (non-hydrogen) atoms. The van der Waals surface area contributed by atoms with Crippen LogP contribution < -0.4 is 0 Å². The van der Waals surface area contributed by atoms with E-state index in [2.05, 4.69) is 164 Å². The topological polar surface area (TPSA) is 51.8 Å². The Morgan fingerprint density at radius 2 is 0.830 bits per heavy atom. The van der Waals surface area contributed by atoms with Gasteiger partial charge in [-0.3, -0.25) is 0 Å². The Labute approximate surface area is 306 Å². The quantitative estimate of drug-likeness (QED) is 0.176. The van der Waals surface area contributed by atoms with Gasteiger partial charge in [0.15, 0.2) is 17.5 Å². The van der Waals surface area contributed by atoms with E-state index in [0.717, 1.165) is 77.2 Å². The van der Waals surface area contributed by atoms with Gasteiger partial charge in [0.1, 0.15) is 11.2 Å². The fourth-order valence-corrected chi connectivity index (χ4v) is 7.28. The molecule has 0 amide bonds. The van der Waals surface area contributed by atoms with Crippen LogP contribution in [0.3, 0.4) is 0 Å². The van der Waals surface area contributed by atoms with Crippen LogP contribution in [0.2, 0.25) is 0 Å². The average Bonchev–Trinajstić information content (AvgIpc) is 3.63. The van der Waals surface area contributed by atoms with Crippen LogP contribution in [0.5, 0.6) is 0 Å². The lowest BCUT2D eigenvalue weighted by atomic mass is 9.93. The summed E-state index contributed by atoms with van der Waals surface area (Å²) in [6.45, 7) is 0. The second-order valence-corrected chi connectivity index (χ2v) is 13.2. The number of rotatable bonds is 6. The normalized spacial score (nSPS) is 11.4. The van der Waals surface area contributed by atoms with Gasteiger partial charge in [-0.2, -0.15) is 0 Å². The zero-order valence-electron chi connectivity index (χ0n) is 28.6. The maximum atomic E-state index is 6.44. The minimum absolute atomic E-state index is 0.588. The molecule has 0 fully saturated rings. The van der Waals surface area contributed by atoms with Gasteiger partial charge in [-0.25, -0.2) is 15.0 Å². The van der Waals surface area contributed by atoms with E-state index in [-0.39, 0.29) is 0 Å². The fraction of sp³-hybridized carbons (Fsp3) is 0. The molecule has 2 heterocycles. The Morgan fingerprint density at radius 3 is 1.53 bits per heavy atom. The summed E-state index contributed by atoms with van der Waals surface area (Å²) in [5.74, 6) is 1.80. The van der Waals surface area contributed by atoms with E-state index in [0.29, 0.717) is 17.5 Å². The van der Waals surface area contributed by atoms with Crippen molar-refractivity contribution < 1.29 is 4.42 Å². The molecule has 0 saturated carbocycles. The van der Waals surface area contributed by atoms with Crippen LogP contribution in [0.15, 0.2) is 192 Å². The highest BCUT2D eigenvalue weighted by Crippen LogP contribution is 2.43. The number of hydrogen-bond donors (Lipinski definition) is 0. The highest BCUT2D eigenvalue weighted by molar-refractivity contribution is 6.15. The summed E-state index contributed by atoms with van der Waals surface area (Å²) in [6, 6.07) is 65.2. The van der Waals surface area contributed by atoms with Crippen molar-refractivity contribution in [1.29, 1.82) is 0 Å². The molecule has 0 bridgehead atoms. The fourth-order valence-electron chi connectivity index (χ4n) is 7.28. The van der Waals surface area contributed by atoms with Crippen molar-refractivity contribution >= 4 is 32.7 Å². The molecule has 4 nitrogen and oxygen atoms in total. The van der Waals surface area contributed by atoms with Gasteiger partial charge in [0.25, 0.3) is 0 Å². The zero-order valence-corrected chi connectivity index (χ0v) is 28.6. The lowest BCUT2D eigenvalue weighted by Crippen LogP contribution is -2.01. The van der Waals surface area contributed by atoms with Crippen molar-refractivity contribution in [3.63, 3.8) is 0 Å². The third-order valence-electron chi connectivity index (χ3n) is 9.96.